The highest BCUT2D eigenvalue weighted by Crippen LogP contribution is 2.22. The van der Waals surface area contributed by atoms with Crippen LogP contribution >= 0.6 is 0 Å². The maximum absolute atomic E-state index is 12.4. The number of carbonyl (C=O) groups is 2. The number of anilines is 1. The third-order valence-corrected chi connectivity index (χ3v) is 5.04. The number of hydrogen-bond acceptors (Lipinski definition) is 2. The summed E-state index contributed by atoms with van der Waals surface area (Å²) in [6.45, 7) is 1.28. The Kier molecular flexibility index (Phi) is 4.88. The molecular formula is C23H22N2O2. The Morgan fingerprint density at radius 3 is 2.52 bits per heavy atom. The summed E-state index contributed by atoms with van der Waals surface area (Å²) in [6.07, 6.45) is 1.92. The minimum atomic E-state index is 0.00477. The van der Waals surface area contributed by atoms with Crippen LogP contribution in [0.1, 0.15) is 24.0 Å². The Hall–Kier alpha value is -3.14. The molecule has 3 aromatic carbocycles. The number of benzene rings is 3. The first-order chi connectivity index (χ1) is 13.2. The molecule has 1 fully saturated rings. The molecule has 0 aliphatic carbocycles. The molecule has 1 aliphatic heterocycles. The van der Waals surface area contributed by atoms with Crippen molar-refractivity contribution in [2.24, 2.45) is 0 Å². The number of amides is 2. The molecule has 0 spiro atoms. The van der Waals surface area contributed by atoms with E-state index in [9.17, 15) is 9.59 Å². The van der Waals surface area contributed by atoms with Gasteiger partial charge in [0.2, 0.25) is 11.8 Å². The quantitative estimate of drug-likeness (QED) is 0.754. The molecule has 0 aromatic heterocycles. The SMILES string of the molecule is O=C(Cc1cccc2ccccc12)NCc1ccc(N2CCCC2=O)cc1. The molecule has 4 rings (SSSR count). The fraction of sp³-hybridized carbons (Fsp3) is 0.217. The van der Waals surface area contributed by atoms with Crippen LogP contribution in [0.3, 0.4) is 0 Å². The summed E-state index contributed by atoms with van der Waals surface area (Å²) in [7, 11) is 0. The number of nitrogens with zero attached hydrogens (tertiary/aromatic N) is 1. The zero-order valence-electron chi connectivity index (χ0n) is 15.2. The topological polar surface area (TPSA) is 49.4 Å². The van der Waals surface area contributed by atoms with E-state index in [4.69, 9.17) is 0 Å². The maximum Gasteiger partial charge on any atom is 0.227 e. The summed E-state index contributed by atoms with van der Waals surface area (Å²) in [6, 6.07) is 22.0. The Bertz CT molecular complexity index is 974. The molecule has 0 radical (unpaired) electrons. The van der Waals surface area contributed by atoms with Crippen LogP contribution in [0, 0.1) is 0 Å². The van der Waals surface area contributed by atoms with Crippen molar-refractivity contribution in [3.8, 4) is 0 Å². The van der Waals surface area contributed by atoms with Gasteiger partial charge in [0.25, 0.3) is 0 Å². The van der Waals surface area contributed by atoms with E-state index in [0.29, 0.717) is 19.4 Å². The second-order valence-electron chi connectivity index (χ2n) is 6.91. The van der Waals surface area contributed by atoms with Crippen molar-refractivity contribution in [2.45, 2.75) is 25.8 Å². The molecule has 0 bridgehead atoms. The van der Waals surface area contributed by atoms with E-state index in [2.05, 4.69) is 23.5 Å². The highest BCUT2D eigenvalue weighted by molar-refractivity contribution is 5.95. The first-order valence-corrected chi connectivity index (χ1v) is 9.33. The van der Waals surface area contributed by atoms with Crippen molar-refractivity contribution in [3.63, 3.8) is 0 Å². The van der Waals surface area contributed by atoms with Crippen molar-refractivity contribution in [2.75, 3.05) is 11.4 Å². The molecule has 2 amide bonds. The van der Waals surface area contributed by atoms with Gasteiger partial charge in [-0.05, 0) is 40.5 Å². The average molecular weight is 358 g/mol. The lowest BCUT2D eigenvalue weighted by Crippen LogP contribution is -2.25. The zero-order valence-corrected chi connectivity index (χ0v) is 15.2. The lowest BCUT2D eigenvalue weighted by Gasteiger charge is -2.16. The van der Waals surface area contributed by atoms with Gasteiger partial charge in [0.1, 0.15) is 0 Å². The van der Waals surface area contributed by atoms with Crippen LogP contribution in [-0.2, 0) is 22.6 Å². The van der Waals surface area contributed by atoms with E-state index in [1.54, 1.807) is 0 Å². The smallest absolute Gasteiger partial charge is 0.227 e. The number of nitrogens with one attached hydrogen (secondary N) is 1. The predicted molar refractivity (Wildman–Crippen MR) is 108 cm³/mol. The second kappa shape index (κ2) is 7.62. The van der Waals surface area contributed by atoms with E-state index in [-0.39, 0.29) is 11.8 Å². The van der Waals surface area contributed by atoms with Gasteiger partial charge in [0.15, 0.2) is 0 Å². The van der Waals surface area contributed by atoms with Crippen LogP contribution in [0.25, 0.3) is 10.8 Å². The van der Waals surface area contributed by atoms with Crippen molar-refractivity contribution in [1.29, 1.82) is 0 Å². The highest BCUT2D eigenvalue weighted by atomic mass is 16.2. The molecule has 0 atom stereocenters. The van der Waals surface area contributed by atoms with Gasteiger partial charge in [-0.3, -0.25) is 9.59 Å². The second-order valence-corrected chi connectivity index (χ2v) is 6.91. The lowest BCUT2D eigenvalue weighted by molar-refractivity contribution is -0.120. The van der Waals surface area contributed by atoms with Gasteiger partial charge >= 0.3 is 0 Å². The van der Waals surface area contributed by atoms with Gasteiger partial charge < -0.3 is 10.2 Å². The Morgan fingerprint density at radius 2 is 1.74 bits per heavy atom. The minimum Gasteiger partial charge on any atom is -0.352 e. The third kappa shape index (κ3) is 3.85. The fourth-order valence-corrected chi connectivity index (χ4v) is 3.60. The summed E-state index contributed by atoms with van der Waals surface area (Å²) < 4.78 is 0. The molecule has 0 saturated carbocycles. The molecule has 4 heteroatoms. The highest BCUT2D eigenvalue weighted by Gasteiger charge is 2.21. The largest absolute Gasteiger partial charge is 0.352 e. The van der Waals surface area contributed by atoms with Gasteiger partial charge in [-0.1, -0.05) is 54.6 Å². The number of carbonyl (C=O) groups excluding carboxylic acids is 2. The summed E-state index contributed by atoms with van der Waals surface area (Å²) in [4.78, 5) is 26.0. The molecule has 1 heterocycles. The van der Waals surface area contributed by atoms with Gasteiger partial charge in [0, 0.05) is 25.2 Å². The predicted octanol–water partition coefficient (Wildman–Crippen LogP) is 3.83. The zero-order chi connectivity index (χ0) is 18.6. The van der Waals surface area contributed by atoms with Gasteiger partial charge in [0.05, 0.1) is 6.42 Å². The van der Waals surface area contributed by atoms with E-state index in [0.717, 1.165) is 40.6 Å². The van der Waals surface area contributed by atoms with Crippen molar-refractivity contribution in [1.82, 2.24) is 5.32 Å². The Labute approximate surface area is 158 Å². The van der Waals surface area contributed by atoms with E-state index in [1.165, 1.54) is 0 Å². The molecular weight excluding hydrogens is 336 g/mol. The van der Waals surface area contributed by atoms with Crippen LogP contribution < -0.4 is 10.2 Å². The summed E-state index contributed by atoms with van der Waals surface area (Å²) in [5, 5.41) is 5.26. The van der Waals surface area contributed by atoms with Gasteiger partial charge in [-0.15, -0.1) is 0 Å². The number of hydrogen-bond donors (Lipinski definition) is 1. The number of rotatable bonds is 5. The monoisotopic (exact) mass is 358 g/mol. The van der Waals surface area contributed by atoms with Crippen LogP contribution in [0.15, 0.2) is 66.7 Å². The molecule has 4 nitrogen and oxygen atoms in total. The summed E-state index contributed by atoms with van der Waals surface area (Å²) in [5.74, 6) is 0.191. The first kappa shape index (κ1) is 17.3. The van der Waals surface area contributed by atoms with Crippen molar-refractivity contribution < 1.29 is 9.59 Å². The normalized spacial score (nSPS) is 13.9. The van der Waals surface area contributed by atoms with Crippen molar-refractivity contribution >= 4 is 28.3 Å². The molecule has 136 valence electrons. The molecule has 1 aliphatic rings. The Balaban J connectivity index is 1.37. The van der Waals surface area contributed by atoms with Crippen LogP contribution in [0.5, 0.6) is 0 Å². The third-order valence-electron chi connectivity index (χ3n) is 5.04. The molecule has 1 N–H and O–H groups in total. The molecule has 1 saturated heterocycles. The van der Waals surface area contributed by atoms with Crippen molar-refractivity contribution in [3.05, 3.63) is 77.9 Å². The average Bonchev–Trinajstić information content (AvgIpc) is 3.13. The van der Waals surface area contributed by atoms with Gasteiger partial charge in [-0.25, -0.2) is 0 Å². The first-order valence-electron chi connectivity index (χ1n) is 9.33. The van der Waals surface area contributed by atoms with Gasteiger partial charge in [-0.2, -0.15) is 0 Å². The summed E-state index contributed by atoms with van der Waals surface area (Å²) >= 11 is 0. The van der Waals surface area contributed by atoms with E-state index < -0.39 is 0 Å². The van der Waals surface area contributed by atoms with Crippen LogP contribution in [-0.4, -0.2) is 18.4 Å². The lowest BCUT2D eigenvalue weighted by atomic mass is 10.0. The van der Waals surface area contributed by atoms with Crippen LogP contribution in [0.4, 0.5) is 5.69 Å². The molecule has 0 unspecified atom stereocenters. The number of fused-ring (bicyclic) bond motifs is 1. The fourth-order valence-electron chi connectivity index (χ4n) is 3.60. The molecule has 27 heavy (non-hydrogen) atoms. The van der Waals surface area contributed by atoms with E-state index in [1.807, 2.05) is 53.4 Å². The maximum atomic E-state index is 12.4. The standard InChI is InChI=1S/C23H22N2O2/c26-22(15-19-7-3-6-18-5-1-2-8-21(18)19)24-16-17-10-12-20(13-11-17)25-14-4-9-23(25)27/h1-3,5-8,10-13H,4,9,14-16H2,(H,24,26). The molecule has 3 aromatic rings. The minimum absolute atomic E-state index is 0.00477. The Morgan fingerprint density at radius 1 is 0.963 bits per heavy atom. The summed E-state index contributed by atoms with van der Waals surface area (Å²) in [5.41, 5.74) is 2.99. The van der Waals surface area contributed by atoms with E-state index >= 15 is 0 Å². The van der Waals surface area contributed by atoms with Crippen LogP contribution in [0.2, 0.25) is 0 Å².